The molecule has 1 aromatic carbocycles. The number of nitrogens with one attached hydrogen (secondary N) is 1. The molecule has 0 bridgehead atoms. The molecule has 2 aromatic rings. The van der Waals surface area contributed by atoms with Gasteiger partial charge in [0.15, 0.2) is 0 Å². The van der Waals surface area contributed by atoms with E-state index in [-0.39, 0.29) is 10.6 Å². The molecule has 3 rings (SSSR count). The Bertz CT molecular complexity index is 745. The molecule has 104 valence electrons. The van der Waals surface area contributed by atoms with E-state index >= 15 is 0 Å². The van der Waals surface area contributed by atoms with E-state index in [4.69, 9.17) is 4.74 Å². The maximum absolute atomic E-state index is 12.7. The van der Waals surface area contributed by atoms with E-state index in [1.165, 1.54) is 12.1 Å². The largest absolute Gasteiger partial charge is 0.493 e. The van der Waals surface area contributed by atoms with Gasteiger partial charge in [-0.1, -0.05) is 0 Å². The highest BCUT2D eigenvalue weighted by molar-refractivity contribution is 7.92. The fourth-order valence-corrected chi connectivity index (χ4v) is 3.07. The van der Waals surface area contributed by atoms with Crippen LogP contribution < -0.4 is 9.46 Å². The van der Waals surface area contributed by atoms with Gasteiger partial charge in [0.1, 0.15) is 5.75 Å². The summed E-state index contributed by atoms with van der Waals surface area (Å²) in [7, 11) is -3.72. The summed E-state index contributed by atoms with van der Waals surface area (Å²) in [4.78, 5) is 3.55. The lowest BCUT2D eigenvalue weighted by molar-refractivity contribution is 0.356. The van der Waals surface area contributed by atoms with E-state index in [1.807, 2.05) is 0 Å². The number of hydrogen-bond acceptors (Lipinski definition) is 4. The molecule has 0 spiro atoms. The Morgan fingerprint density at radius 2 is 2.10 bits per heavy atom. The van der Waals surface area contributed by atoms with Crippen molar-refractivity contribution >= 4 is 15.7 Å². The highest BCUT2D eigenvalue weighted by Gasteiger charge is 2.19. The van der Waals surface area contributed by atoms with Crippen LogP contribution in [-0.4, -0.2) is 20.0 Å². The smallest absolute Gasteiger partial charge is 0.261 e. The van der Waals surface area contributed by atoms with E-state index in [0.717, 1.165) is 17.8 Å². The number of anilines is 1. The van der Waals surface area contributed by atoms with Gasteiger partial charge in [0.05, 0.1) is 23.4 Å². The highest BCUT2D eigenvalue weighted by atomic mass is 32.2. The van der Waals surface area contributed by atoms with Crippen molar-refractivity contribution in [3.63, 3.8) is 0 Å². The van der Waals surface area contributed by atoms with Gasteiger partial charge >= 0.3 is 0 Å². The molecule has 1 N–H and O–H groups in total. The molecule has 2 heterocycles. The number of hydrogen-bond donors (Lipinski definition) is 1. The lowest BCUT2D eigenvalue weighted by Gasteiger charge is -2.08. The van der Waals surface area contributed by atoms with Crippen molar-refractivity contribution in [2.75, 3.05) is 11.3 Å². The van der Waals surface area contributed by atoms with Crippen LogP contribution >= 0.6 is 0 Å². The zero-order valence-corrected chi connectivity index (χ0v) is 11.2. The number of halogens is 1. The number of ether oxygens (including phenoxy) is 1. The van der Waals surface area contributed by atoms with Crippen LogP contribution in [0.4, 0.5) is 10.1 Å². The SMILES string of the molecule is O=S(=O)(Nc1ccc(F)nc1)c1ccc2c(c1)CCO2. The predicted octanol–water partition coefficient (Wildman–Crippen LogP) is 1.96. The molecule has 1 aliphatic heterocycles. The summed E-state index contributed by atoms with van der Waals surface area (Å²) in [6, 6.07) is 7.11. The summed E-state index contributed by atoms with van der Waals surface area (Å²) in [5, 5.41) is 0. The van der Waals surface area contributed by atoms with Crippen molar-refractivity contribution in [2.24, 2.45) is 0 Å². The normalized spacial score (nSPS) is 13.7. The van der Waals surface area contributed by atoms with Gasteiger partial charge in [-0.3, -0.25) is 4.72 Å². The predicted molar refractivity (Wildman–Crippen MR) is 70.6 cm³/mol. The number of rotatable bonds is 3. The summed E-state index contributed by atoms with van der Waals surface area (Å²) in [6.07, 6.45) is 1.82. The third-order valence-corrected chi connectivity index (χ3v) is 4.33. The van der Waals surface area contributed by atoms with E-state index < -0.39 is 16.0 Å². The van der Waals surface area contributed by atoms with Gasteiger partial charge < -0.3 is 4.74 Å². The van der Waals surface area contributed by atoms with Crippen LogP contribution in [0.2, 0.25) is 0 Å². The number of benzene rings is 1. The second-order valence-corrected chi connectivity index (χ2v) is 6.03. The van der Waals surface area contributed by atoms with Crippen LogP contribution in [0.15, 0.2) is 41.4 Å². The van der Waals surface area contributed by atoms with Gasteiger partial charge in [-0.2, -0.15) is 4.39 Å². The van der Waals surface area contributed by atoms with Crippen molar-refractivity contribution < 1.29 is 17.5 Å². The Morgan fingerprint density at radius 1 is 1.25 bits per heavy atom. The Balaban J connectivity index is 1.90. The van der Waals surface area contributed by atoms with Crippen molar-refractivity contribution in [3.05, 3.63) is 48.0 Å². The molecule has 7 heteroatoms. The monoisotopic (exact) mass is 294 g/mol. The Kier molecular flexibility index (Phi) is 3.06. The van der Waals surface area contributed by atoms with Crippen LogP contribution in [0.25, 0.3) is 0 Å². The van der Waals surface area contributed by atoms with Crippen molar-refractivity contribution in [3.8, 4) is 5.75 Å². The molecular formula is C13H11FN2O3S. The van der Waals surface area contributed by atoms with Crippen molar-refractivity contribution in [2.45, 2.75) is 11.3 Å². The molecule has 0 aliphatic carbocycles. The average molecular weight is 294 g/mol. The summed E-state index contributed by atoms with van der Waals surface area (Å²) >= 11 is 0. The Hall–Kier alpha value is -2.15. The number of nitrogens with zero attached hydrogens (tertiary/aromatic N) is 1. The number of sulfonamides is 1. The minimum atomic E-state index is -3.72. The van der Waals surface area contributed by atoms with Crippen LogP contribution in [-0.2, 0) is 16.4 Å². The molecule has 0 saturated carbocycles. The minimum absolute atomic E-state index is 0.145. The van der Waals surface area contributed by atoms with Crippen molar-refractivity contribution in [1.29, 1.82) is 0 Å². The summed E-state index contributed by atoms with van der Waals surface area (Å²) < 4.78 is 44.8. The van der Waals surface area contributed by atoms with Crippen LogP contribution in [0, 0.1) is 5.95 Å². The van der Waals surface area contributed by atoms with Gasteiger partial charge in [-0.05, 0) is 35.9 Å². The van der Waals surface area contributed by atoms with Crippen molar-refractivity contribution in [1.82, 2.24) is 4.98 Å². The number of pyridine rings is 1. The van der Waals surface area contributed by atoms with E-state index in [0.29, 0.717) is 18.8 Å². The summed E-state index contributed by atoms with van der Waals surface area (Å²) in [5.41, 5.74) is 1.08. The molecular weight excluding hydrogens is 283 g/mol. The van der Waals surface area contributed by atoms with Gasteiger partial charge in [-0.15, -0.1) is 0 Å². The molecule has 0 saturated heterocycles. The molecule has 0 fully saturated rings. The summed E-state index contributed by atoms with van der Waals surface area (Å²) in [6.45, 7) is 0.564. The lowest BCUT2D eigenvalue weighted by atomic mass is 10.2. The van der Waals surface area contributed by atoms with Crippen LogP contribution in [0.3, 0.4) is 0 Å². The van der Waals surface area contributed by atoms with Gasteiger partial charge in [0.25, 0.3) is 10.0 Å². The molecule has 1 aliphatic rings. The summed E-state index contributed by atoms with van der Waals surface area (Å²) in [5.74, 6) is 0.0510. The van der Waals surface area contributed by atoms with Gasteiger partial charge in [0.2, 0.25) is 5.95 Å². The van der Waals surface area contributed by atoms with E-state index in [2.05, 4.69) is 9.71 Å². The molecule has 5 nitrogen and oxygen atoms in total. The molecule has 20 heavy (non-hydrogen) atoms. The molecule has 0 radical (unpaired) electrons. The molecule has 0 unspecified atom stereocenters. The first-order valence-corrected chi connectivity index (χ1v) is 7.43. The van der Waals surface area contributed by atoms with Gasteiger partial charge in [0, 0.05) is 6.42 Å². The molecule has 0 atom stereocenters. The van der Waals surface area contributed by atoms with Crippen LogP contribution in [0.1, 0.15) is 5.56 Å². The lowest BCUT2D eigenvalue weighted by Crippen LogP contribution is -2.13. The number of fused-ring (bicyclic) bond motifs is 1. The van der Waals surface area contributed by atoms with Crippen LogP contribution in [0.5, 0.6) is 5.75 Å². The van der Waals surface area contributed by atoms with Gasteiger partial charge in [-0.25, -0.2) is 13.4 Å². The first-order chi connectivity index (χ1) is 9.54. The van der Waals surface area contributed by atoms with E-state index in [1.54, 1.807) is 12.1 Å². The Morgan fingerprint density at radius 3 is 2.85 bits per heavy atom. The topological polar surface area (TPSA) is 68.3 Å². The zero-order chi connectivity index (χ0) is 14.2. The molecule has 1 aromatic heterocycles. The first kappa shape index (κ1) is 12.9. The maximum atomic E-state index is 12.7. The quantitative estimate of drug-likeness (QED) is 0.879. The Labute approximate surface area is 115 Å². The maximum Gasteiger partial charge on any atom is 0.261 e. The fourth-order valence-electron chi connectivity index (χ4n) is 1.98. The second kappa shape index (κ2) is 4.75. The first-order valence-electron chi connectivity index (χ1n) is 5.95. The molecule has 0 amide bonds. The standard InChI is InChI=1S/C13H11FN2O3S/c14-13-4-1-10(8-15-13)16-20(17,18)11-2-3-12-9(7-11)5-6-19-12/h1-4,7-8,16H,5-6H2. The third-order valence-electron chi connectivity index (χ3n) is 2.95. The third kappa shape index (κ3) is 2.44. The fraction of sp³-hybridized carbons (Fsp3) is 0.154. The van der Waals surface area contributed by atoms with E-state index in [9.17, 15) is 12.8 Å². The number of aromatic nitrogens is 1. The minimum Gasteiger partial charge on any atom is -0.493 e. The highest BCUT2D eigenvalue weighted by Crippen LogP contribution is 2.28. The second-order valence-electron chi connectivity index (χ2n) is 4.34. The average Bonchev–Trinajstić information content (AvgIpc) is 2.88. The zero-order valence-electron chi connectivity index (χ0n) is 10.3.